The summed E-state index contributed by atoms with van der Waals surface area (Å²) in [4.78, 5) is 0. The van der Waals surface area contributed by atoms with Gasteiger partial charge in [0, 0.05) is 0 Å². The molecule has 1 saturated heterocycles. The fraction of sp³-hybridized carbons (Fsp3) is 0.625. The Bertz CT molecular complexity index is 411. The number of methoxy groups -OCH3 is 1. The molecule has 1 aliphatic heterocycles. The summed E-state index contributed by atoms with van der Waals surface area (Å²) < 4.78 is 5.35. The summed E-state index contributed by atoms with van der Waals surface area (Å²) in [5.74, 6) is 1.81. The molecule has 2 N–H and O–H groups in total. The van der Waals surface area contributed by atoms with Crippen LogP contribution in [0.2, 0.25) is 0 Å². The molecule has 1 fully saturated rings. The van der Waals surface area contributed by atoms with E-state index in [0.29, 0.717) is 0 Å². The second kappa shape index (κ2) is 6.92. The molecule has 106 valence electrons. The van der Waals surface area contributed by atoms with Gasteiger partial charge in [-0.1, -0.05) is 6.07 Å². The van der Waals surface area contributed by atoms with E-state index in [1.807, 2.05) is 0 Å². The van der Waals surface area contributed by atoms with Crippen LogP contribution >= 0.6 is 0 Å². The third kappa shape index (κ3) is 3.95. The number of hydrogen-bond acceptors (Lipinski definition) is 3. The van der Waals surface area contributed by atoms with Crippen molar-refractivity contribution < 1.29 is 4.74 Å². The van der Waals surface area contributed by atoms with Crippen molar-refractivity contribution >= 4 is 0 Å². The monoisotopic (exact) mass is 262 g/mol. The molecule has 1 unspecified atom stereocenters. The second-order valence-electron chi connectivity index (χ2n) is 5.56. The molecule has 0 spiro atoms. The van der Waals surface area contributed by atoms with Crippen LogP contribution in [-0.4, -0.2) is 33.3 Å². The largest absolute Gasteiger partial charge is 0.496 e. The minimum atomic E-state index is 0.818. The normalized spacial score (nSPS) is 18.8. The van der Waals surface area contributed by atoms with Crippen LogP contribution in [0.15, 0.2) is 12.1 Å². The van der Waals surface area contributed by atoms with Gasteiger partial charge in [0.15, 0.2) is 0 Å². The van der Waals surface area contributed by atoms with Crippen LogP contribution in [0, 0.1) is 19.8 Å². The first-order chi connectivity index (χ1) is 9.20. The Morgan fingerprint density at radius 2 is 2.16 bits per heavy atom. The number of hydrogen-bond donors (Lipinski definition) is 2. The van der Waals surface area contributed by atoms with Gasteiger partial charge in [0.05, 0.1) is 7.11 Å². The zero-order valence-electron chi connectivity index (χ0n) is 12.4. The summed E-state index contributed by atoms with van der Waals surface area (Å²) in [5, 5.41) is 6.99. The fourth-order valence-corrected chi connectivity index (χ4v) is 2.76. The molecule has 3 nitrogen and oxygen atoms in total. The maximum absolute atomic E-state index is 5.35. The van der Waals surface area contributed by atoms with Crippen LogP contribution in [0.4, 0.5) is 0 Å². The summed E-state index contributed by atoms with van der Waals surface area (Å²) in [7, 11) is 1.73. The van der Waals surface area contributed by atoms with Crippen LogP contribution in [0.5, 0.6) is 5.75 Å². The highest BCUT2D eigenvalue weighted by Gasteiger charge is 2.13. The lowest BCUT2D eigenvalue weighted by molar-refractivity contribution is 0.411. The van der Waals surface area contributed by atoms with Gasteiger partial charge in [-0.15, -0.1) is 0 Å². The maximum Gasteiger partial charge on any atom is 0.122 e. The van der Waals surface area contributed by atoms with Gasteiger partial charge in [0.2, 0.25) is 0 Å². The maximum atomic E-state index is 5.35. The minimum Gasteiger partial charge on any atom is -0.496 e. The van der Waals surface area contributed by atoms with Gasteiger partial charge >= 0.3 is 0 Å². The van der Waals surface area contributed by atoms with Crippen LogP contribution < -0.4 is 15.4 Å². The third-order valence-electron chi connectivity index (χ3n) is 4.02. The van der Waals surface area contributed by atoms with Crippen LogP contribution in [-0.2, 0) is 6.42 Å². The molecule has 1 heterocycles. The highest BCUT2D eigenvalue weighted by molar-refractivity contribution is 5.41. The van der Waals surface area contributed by atoms with E-state index in [2.05, 4.69) is 36.6 Å². The van der Waals surface area contributed by atoms with Crippen LogP contribution in [0.3, 0.4) is 0 Å². The van der Waals surface area contributed by atoms with Gasteiger partial charge in [-0.05, 0) is 81.5 Å². The molecule has 0 aromatic heterocycles. The van der Waals surface area contributed by atoms with Gasteiger partial charge in [-0.3, -0.25) is 0 Å². The van der Waals surface area contributed by atoms with Crippen molar-refractivity contribution in [1.82, 2.24) is 10.6 Å². The number of rotatable bonds is 6. The van der Waals surface area contributed by atoms with E-state index in [0.717, 1.165) is 31.2 Å². The Hall–Kier alpha value is -1.06. The number of aryl methyl sites for hydroxylation is 2. The number of nitrogens with one attached hydrogen (secondary N) is 2. The lowest BCUT2D eigenvalue weighted by atomic mass is 10.0. The average molecular weight is 262 g/mol. The van der Waals surface area contributed by atoms with E-state index < -0.39 is 0 Å². The van der Waals surface area contributed by atoms with E-state index in [1.54, 1.807) is 7.11 Å². The lowest BCUT2D eigenvalue weighted by Gasteiger charge is -2.13. The molecular formula is C16H26N2O. The standard InChI is InChI=1S/C16H26N2O/c1-12-9-16(19-3)13(2)8-15(12)5-7-18-11-14-4-6-17-10-14/h8-9,14,17-18H,4-7,10-11H2,1-3H3. The van der Waals surface area contributed by atoms with Gasteiger partial charge in [-0.25, -0.2) is 0 Å². The van der Waals surface area contributed by atoms with Crippen molar-refractivity contribution in [3.63, 3.8) is 0 Å². The molecule has 1 atom stereocenters. The first kappa shape index (κ1) is 14.4. The molecular weight excluding hydrogens is 236 g/mol. The highest BCUT2D eigenvalue weighted by Crippen LogP contribution is 2.22. The molecule has 1 aromatic carbocycles. The lowest BCUT2D eigenvalue weighted by Crippen LogP contribution is -2.26. The van der Waals surface area contributed by atoms with E-state index in [1.165, 1.54) is 36.2 Å². The van der Waals surface area contributed by atoms with E-state index in [-0.39, 0.29) is 0 Å². The Labute approximate surface area is 116 Å². The van der Waals surface area contributed by atoms with Gasteiger partial charge in [0.25, 0.3) is 0 Å². The third-order valence-corrected chi connectivity index (χ3v) is 4.02. The van der Waals surface area contributed by atoms with Gasteiger partial charge in [0.1, 0.15) is 5.75 Å². The first-order valence-corrected chi connectivity index (χ1v) is 7.26. The van der Waals surface area contributed by atoms with Crippen molar-refractivity contribution in [2.45, 2.75) is 26.7 Å². The van der Waals surface area contributed by atoms with Gasteiger partial charge < -0.3 is 15.4 Å². The predicted molar refractivity (Wildman–Crippen MR) is 80.0 cm³/mol. The number of benzene rings is 1. The summed E-state index contributed by atoms with van der Waals surface area (Å²) in [6.45, 7) is 8.83. The zero-order chi connectivity index (χ0) is 13.7. The molecule has 3 heteroatoms. The SMILES string of the molecule is COc1cc(C)c(CCNCC2CCNC2)cc1C. The minimum absolute atomic E-state index is 0.818. The van der Waals surface area contributed by atoms with Crippen molar-refractivity contribution in [3.05, 3.63) is 28.8 Å². The van der Waals surface area contributed by atoms with Crippen LogP contribution in [0.1, 0.15) is 23.1 Å². The summed E-state index contributed by atoms with van der Waals surface area (Å²) in [5.41, 5.74) is 3.98. The Kier molecular flexibility index (Phi) is 5.23. The number of ether oxygens (including phenoxy) is 1. The van der Waals surface area contributed by atoms with E-state index in [4.69, 9.17) is 4.74 Å². The van der Waals surface area contributed by atoms with Crippen molar-refractivity contribution in [1.29, 1.82) is 0 Å². The van der Waals surface area contributed by atoms with E-state index in [9.17, 15) is 0 Å². The molecule has 0 amide bonds. The fourth-order valence-electron chi connectivity index (χ4n) is 2.76. The Balaban J connectivity index is 1.80. The molecule has 1 aromatic rings. The van der Waals surface area contributed by atoms with Crippen molar-refractivity contribution in [2.75, 3.05) is 33.3 Å². The highest BCUT2D eigenvalue weighted by atomic mass is 16.5. The summed E-state index contributed by atoms with van der Waals surface area (Å²) in [6.07, 6.45) is 2.41. The zero-order valence-corrected chi connectivity index (χ0v) is 12.4. The molecule has 0 saturated carbocycles. The molecule has 19 heavy (non-hydrogen) atoms. The molecule has 0 bridgehead atoms. The van der Waals surface area contributed by atoms with Crippen molar-refractivity contribution in [3.8, 4) is 5.75 Å². The molecule has 0 aliphatic carbocycles. The molecule has 1 aliphatic rings. The summed E-state index contributed by atoms with van der Waals surface area (Å²) >= 11 is 0. The first-order valence-electron chi connectivity index (χ1n) is 7.26. The topological polar surface area (TPSA) is 33.3 Å². The van der Waals surface area contributed by atoms with Crippen molar-refractivity contribution in [2.24, 2.45) is 5.92 Å². The summed E-state index contributed by atoms with van der Waals surface area (Å²) in [6, 6.07) is 4.40. The van der Waals surface area contributed by atoms with Crippen LogP contribution in [0.25, 0.3) is 0 Å². The molecule has 2 rings (SSSR count). The Morgan fingerprint density at radius 3 is 2.84 bits per heavy atom. The van der Waals surface area contributed by atoms with Gasteiger partial charge in [-0.2, -0.15) is 0 Å². The molecule has 0 radical (unpaired) electrons. The second-order valence-corrected chi connectivity index (χ2v) is 5.56. The average Bonchev–Trinajstić information content (AvgIpc) is 2.91. The van der Waals surface area contributed by atoms with E-state index >= 15 is 0 Å². The smallest absolute Gasteiger partial charge is 0.122 e. The predicted octanol–water partition coefficient (Wildman–Crippen LogP) is 2.05. The Morgan fingerprint density at radius 1 is 1.32 bits per heavy atom. The quantitative estimate of drug-likeness (QED) is 0.770.